The van der Waals surface area contributed by atoms with Crippen molar-refractivity contribution in [1.29, 1.82) is 0 Å². The van der Waals surface area contributed by atoms with Gasteiger partial charge in [-0.25, -0.2) is 0 Å². The van der Waals surface area contributed by atoms with Gasteiger partial charge in [0.25, 0.3) is 0 Å². The summed E-state index contributed by atoms with van der Waals surface area (Å²) >= 11 is 0. The van der Waals surface area contributed by atoms with Gasteiger partial charge in [-0.05, 0) is 31.8 Å². The Hall–Kier alpha value is -1.18. The molecular weight excluding hydrogens is 290 g/mol. The van der Waals surface area contributed by atoms with Crippen molar-refractivity contribution >= 4 is 8.32 Å². The monoisotopic (exact) mass is 302 g/mol. The second-order valence-corrected chi connectivity index (χ2v) is 9.32. The molecule has 1 aromatic rings. The predicted octanol–water partition coefficient (Wildman–Crippen LogP) is 4.94. The van der Waals surface area contributed by atoms with Crippen molar-refractivity contribution in [2.24, 2.45) is 0 Å². The lowest BCUT2D eigenvalue weighted by Gasteiger charge is -2.25. The van der Waals surface area contributed by atoms with Crippen LogP contribution in [-0.4, -0.2) is 8.32 Å². The highest BCUT2D eigenvalue weighted by molar-refractivity contribution is 6.70. The van der Waals surface area contributed by atoms with E-state index in [0.717, 1.165) is 6.07 Å². The van der Waals surface area contributed by atoms with Crippen LogP contribution in [0.2, 0.25) is 19.6 Å². The molecule has 0 fully saturated rings. The minimum Gasteiger partial charge on any atom is -0.544 e. The first-order chi connectivity index (χ1) is 8.32. The average Bonchev–Trinajstić information content (AvgIpc) is 2.11. The lowest BCUT2D eigenvalue weighted by atomic mass is 10.1. The molecule has 0 saturated heterocycles. The molecule has 0 bridgehead atoms. The fraction of sp³-hybridized carbons (Fsp3) is 0.455. The summed E-state index contributed by atoms with van der Waals surface area (Å²) in [6.07, 6.45) is -9.79. The lowest BCUT2D eigenvalue weighted by molar-refractivity contribution is -0.144. The Kier molecular flexibility index (Phi) is 3.95. The number of halogens is 6. The third-order valence-electron chi connectivity index (χ3n) is 2.03. The molecule has 1 nitrogen and oxygen atoms in total. The summed E-state index contributed by atoms with van der Waals surface area (Å²) in [6, 6.07) is 1.90. The first-order valence-electron chi connectivity index (χ1n) is 5.29. The largest absolute Gasteiger partial charge is 0.544 e. The molecule has 0 saturated carbocycles. The maximum Gasteiger partial charge on any atom is 0.419 e. The zero-order chi connectivity index (χ0) is 15.1. The van der Waals surface area contributed by atoms with E-state index in [1.165, 1.54) is 19.6 Å². The van der Waals surface area contributed by atoms with Gasteiger partial charge in [-0.1, -0.05) is 6.07 Å². The molecule has 0 aliphatic heterocycles. The van der Waals surface area contributed by atoms with Crippen LogP contribution in [0.1, 0.15) is 11.1 Å². The van der Waals surface area contributed by atoms with Crippen molar-refractivity contribution in [3.63, 3.8) is 0 Å². The van der Waals surface area contributed by atoms with Crippen LogP contribution in [0.15, 0.2) is 18.2 Å². The topological polar surface area (TPSA) is 9.23 Å². The summed E-state index contributed by atoms with van der Waals surface area (Å²) in [5.74, 6) is -1.12. The van der Waals surface area contributed by atoms with E-state index in [4.69, 9.17) is 4.43 Å². The Balaban J connectivity index is 3.51. The molecule has 0 unspecified atom stereocenters. The number of alkyl halides is 6. The molecule has 108 valence electrons. The molecule has 0 amide bonds. The van der Waals surface area contributed by atoms with E-state index in [-0.39, 0.29) is 0 Å². The second kappa shape index (κ2) is 4.73. The molecule has 0 aliphatic rings. The van der Waals surface area contributed by atoms with Crippen LogP contribution in [0.5, 0.6) is 5.75 Å². The summed E-state index contributed by atoms with van der Waals surface area (Å²) in [5.41, 5.74) is -2.80. The van der Waals surface area contributed by atoms with Gasteiger partial charge in [0, 0.05) is 0 Å². The Morgan fingerprint density at radius 2 is 1.21 bits per heavy atom. The summed E-state index contributed by atoms with van der Waals surface area (Å²) in [6.45, 7) is 4.54. The Morgan fingerprint density at radius 1 is 0.842 bits per heavy atom. The maximum atomic E-state index is 12.8. The lowest BCUT2D eigenvalue weighted by Crippen LogP contribution is -2.32. The molecule has 0 aliphatic carbocycles. The molecule has 0 atom stereocenters. The molecule has 1 aromatic carbocycles. The third-order valence-corrected chi connectivity index (χ3v) is 2.85. The van der Waals surface area contributed by atoms with Crippen LogP contribution in [0.4, 0.5) is 26.3 Å². The van der Waals surface area contributed by atoms with Gasteiger partial charge >= 0.3 is 12.4 Å². The molecule has 0 aromatic heterocycles. The van der Waals surface area contributed by atoms with Gasteiger partial charge in [0.2, 0.25) is 8.32 Å². The predicted molar refractivity (Wildman–Crippen MR) is 60.4 cm³/mol. The summed E-state index contributed by atoms with van der Waals surface area (Å²) in [4.78, 5) is 0. The van der Waals surface area contributed by atoms with Crippen LogP contribution < -0.4 is 4.43 Å². The zero-order valence-corrected chi connectivity index (χ0v) is 11.4. The van der Waals surface area contributed by atoms with Gasteiger partial charge < -0.3 is 4.43 Å². The van der Waals surface area contributed by atoms with Gasteiger partial charge in [-0.2, -0.15) is 26.3 Å². The minimum absolute atomic E-state index is 0.588. The highest BCUT2D eigenvalue weighted by Crippen LogP contribution is 2.44. The summed E-state index contributed by atoms with van der Waals surface area (Å²) < 4.78 is 81.6. The molecule has 0 N–H and O–H groups in total. The molecule has 19 heavy (non-hydrogen) atoms. The number of benzene rings is 1. The molecule has 1 rings (SSSR count). The smallest absolute Gasteiger partial charge is 0.419 e. The van der Waals surface area contributed by atoms with E-state index in [1.807, 2.05) is 0 Å². The second-order valence-electron chi connectivity index (χ2n) is 4.89. The van der Waals surface area contributed by atoms with Crippen LogP contribution in [0, 0.1) is 0 Å². The standard InChI is InChI=1S/C11H12F6OSi/c1-19(2,3)18-9-7(10(12,13)14)5-4-6-8(9)11(15,16)17/h4-6H,1-3H3. The van der Waals surface area contributed by atoms with Crippen LogP contribution in [0.3, 0.4) is 0 Å². The Morgan fingerprint density at radius 3 is 1.47 bits per heavy atom. The molecule has 0 radical (unpaired) electrons. The Bertz CT molecular complexity index is 425. The van der Waals surface area contributed by atoms with E-state index >= 15 is 0 Å². The normalized spacial score (nSPS) is 13.5. The maximum absolute atomic E-state index is 12.8. The number of rotatable bonds is 2. The number of para-hydroxylation sites is 1. The third kappa shape index (κ3) is 4.15. The van der Waals surface area contributed by atoms with Crippen molar-refractivity contribution in [2.75, 3.05) is 0 Å². The van der Waals surface area contributed by atoms with Gasteiger partial charge in [0.15, 0.2) is 0 Å². The van der Waals surface area contributed by atoms with Gasteiger partial charge in [-0.15, -0.1) is 0 Å². The molecule has 8 heteroatoms. The molecule has 0 heterocycles. The van der Waals surface area contributed by atoms with Crippen LogP contribution in [0.25, 0.3) is 0 Å². The fourth-order valence-electron chi connectivity index (χ4n) is 1.40. The summed E-state index contributed by atoms with van der Waals surface area (Å²) in [5, 5.41) is 0. The van der Waals surface area contributed by atoms with Crippen molar-refractivity contribution in [3.8, 4) is 5.75 Å². The van der Waals surface area contributed by atoms with Crippen molar-refractivity contribution in [3.05, 3.63) is 29.3 Å². The molecular formula is C11H12F6OSi. The van der Waals surface area contributed by atoms with Gasteiger partial charge in [0.05, 0.1) is 11.1 Å². The molecule has 0 spiro atoms. The van der Waals surface area contributed by atoms with E-state index in [2.05, 4.69) is 0 Å². The fourth-order valence-corrected chi connectivity index (χ4v) is 2.23. The number of hydrogen-bond donors (Lipinski definition) is 0. The highest BCUT2D eigenvalue weighted by atomic mass is 28.4. The van der Waals surface area contributed by atoms with Crippen LogP contribution in [-0.2, 0) is 12.4 Å². The van der Waals surface area contributed by atoms with E-state index < -0.39 is 37.5 Å². The number of hydrogen-bond acceptors (Lipinski definition) is 1. The van der Waals surface area contributed by atoms with E-state index in [1.54, 1.807) is 0 Å². The minimum atomic E-state index is -4.89. The zero-order valence-electron chi connectivity index (χ0n) is 10.4. The van der Waals surface area contributed by atoms with Crippen LogP contribution >= 0.6 is 0 Å². The Labute approximate surface area is 107 Å². The van der Waals surface area contributed by atoms with Gasteiger partial charge in [0.1, 0.15) is 5.75 Å². The quantitative estimate of drug-likeness (QED) is 0.555. The SMILES string of the molecule is C[Si](C)(C)Oc1c(C(F)(F)F)cccc1C(F)(F)F. The van der Waals surface area contributed by atoms with Crippen molar-refractivity contribution in [2.45, 2.75) is 32.0 Å². The first-order valence-corrected chi connectivity index (χ1v) is 8.69. The highest BCUT2D eigenvalue weighted by Gasteiger charge is 2.42. The summed E-state index contributed by atoms with van der Waals surface area (Å²) in [7, 11) is -2.62. The van der Waals surface area contributed by atoms with E-state index in [0.29, 0.717) is 12.1 Å². The van der Waals surface area contributed by atoms with E-state index in [9.17, 15) is 26.3 Å². The first kappa shape index (κ1) is 15.9. The average molecular weight is 302 g/mol. The van der Waals surface area contributed by atoms with Crippen molar-refractivity contribution in [1.82, 2.24) is 0 Å². The van der Waals surface area contributed by atoms with Crippen molar-refractivity contribution < 1.29 is 30.8 Å². The van der Waals surface area contributed by atoms with Gasteiger partial charge in [-0.3, -0.25) is 0 Å².